The molecule has 1 aromatic rings. The quantitative estimate of drug-likeness (QED) is 0.701. The van der Waals surface area contributed by atoms with Gasteiger partial charge in [0.15, 0.2) is 0 Å². The molecule has 0 aromatic heterocycles. The number of benzene rings is 1. The second-order valence-electron chi connectivity index (χ2n) is 4.28. The lowest BCUT2D eigenvalue weighted by Gasteiger charge is -2.25. The fourth-order valence-electron chi connectivity index (χ4n) is 1.78. The molecule has 0 saturated carbocycles. The second kappa shape index (κ2) is 6.36. The zero-order valence-electron chi connectivity index (χ0n) is 10.1. The van der Waals surface area contributed by atoms with Crippen LogP contribution in [0.5, 0.6) is 0 Å². The molecule has 1 unspecified atom stereocenters. The molecule has 0 N–H and O–H groups in total. The predicted octanol–water partition coefficient (Wildman–Crippen LogP) is 4.56. The third-order valence-electron chi connectivity index (χ3n) is 2.88. The second-order valence-corrected chi connectivity index (χ2v) is 4.95. The minimum absolute atomic E-state index is 0.501. The summed E-state index contributed by atoms with van der Waals surface area (Å²) in [6, 6.07) is 5.89. The van der Waals surface area contributed by atoms with Gasteiger partial charge in [-0.25, -0.2) is 0 Å². The number of anilines is 1. The highest BCUT2D eigenvalue weighted by Crippen LogP contribution is 2.30. The highest BCUT2D eigenvalue weighted by molar-refractivity contribution is 6.33. The molecule has 0 fully saturated rings. The number of rotatable bonds is 5. The summed E-state index contributed by atoms with van der Waals surface area (Å²) in [5, 5.41) is 0.781. The number of alkyl halides is 1. The van der Waals surface area contributed by atoms with Crippen molar-refractivity contribution in [2.75, 3.05) is 18.5 Å². The Bertz CT molecular complexity index is 339. The van der Waals surface area contributed by atoms with Crippen molar-refractivity contribution in [3.8, 4) is 0 Å². The first kappa shape index (κ1) is 13.7. The molecule has 90 valence electrons. The van der Waals surface area contributed by atoms with Gasteiger partial charge in [-0.2, -0.15) is 0 Å². The van der Waals surface area contributed by atoms with Crippen molar-refractivity contribution in [1.82, 2.24) is 0 Å². The van der Waals surface area contributed by atoms with Crippen LogP contribution in [0.2, 0.25) is 5.02 Å². The zero-order chi connectivity index (χ0) is 12.1. The van der Waals surface area contributed by atoms with Gasteiger partial charge in [0.2, 0.25) is 0 Å². The Hall–Kier alpha value is -0.400. The predicted molar refractivity (Wildman–Crippen MR) is 73.7 cm³/mol. The average Bonchev–Trinajstić information content (AvgIpc) is 2.28. The third kappa shape index (κ3) is 3.29. The van der Waals surface area contributed by atoms with Gasteiger partial charge >= 0.3 is 0 Å². The number of hydrogen-bond donors (Lipinski definition) is 0. The summed E-state index contributed by atoms with van der Waals surface area (Å²) in [6.07, 6.45) is 1.17. The Morgan fingerprint density at radius 3 is 2.62 bits per heavy atom. The fraction of sp³-hybridized carbons (Fsp3) is 0.538. The summed E-state index contributed by atoms with van der Waals surface area (Å²) in [4.78, 5) is 2.20. The van der Waals surface area contributed by atoms with Gasteiger partial charge < -0.3 is 4.90 Å². The standard InChI is InChI=1S/C13H19Cl2N/c1-4-10(2)9-16(3)13-11(8-14)6-5-7-12(13)15/h5-7,10H,4,8-9H2,1-3H3. The van der Waals surface area contributed by atoms with E-state index in [1.165, 1.54) is 6.42 Å². The van der Waals surface area contributed by atoms with Gasteiger partial charge in [-0.1, -0.05) is 44.0 Å². The number of para-hydroxylation sites is 1. The molecule has 0 heterocycles. The first-order valence-corrected chi connectivity index (χ1v) is 6.55. The van der Waals surface area contributed by atoms with Crippen LogP contribution in [0.15, 0.2) is 18.2 Å². The van der Waals surface area contributed by atoms with Crippen molar-refractivity contribution in [2.24, 2.45) is 5.92 Å². The molecule has 0 aliphatic carbocycles. The van der Waals surface area contributed by atoms with Crippen molar-refractivity contribution in [3.63, 3.8) is 0 Å². The van der Waals surface area contributed by atoms with Crippen LogP contribution in [-0.4, -0.2) is 13.6 Å². The van der Waals surface area contributed by atoms with Crippen molar-refractivity contribution in [3.05, 3.63) is 28.8 Å². The topological polar surface area (TPSA) is 3.24 Å². The van der Waals surface area contributed by atoms with E-state index in [1.807, 2.05) is 18.2 Å². The van der Waals surface area contributed by atoms with Crippen LogP contribution in [-0.2, 0) is 5.88 Å². The molecular formula is C13H19Cl2N. The lowest BCUT2D eigenvalue weighted by Crippen LogP contribution is -2.24. The molecule has 0 aliphatic heterocycles. The lowest BCUT2D eigenvalue weighted by atomic mass is 10.1. The molecule has 0 radical (unpaired) electrons. The van der Waals surface area contributed by atoms with Crippen LogP contribution in [0.1, 0.15) is 25.8 Å². The lowest BCUT2D eigenvalue weighted by molar-refractivity contribution is 0.559. The first-order chi connectivity index (χ1) is 7.60. The molecule has 0 amide bonds. The van der Waals surface area contributed by atoms with Crippen molar-refractivity contribution in [2.45, 2.75) is 26.1 Å². The van der Waals surface area contributed by atoms with Gasteiger partial charge in [-0.05, 0) is 17.5 Å². The van der Waals surface area contributed by atoms with Crippen molar-refractivity contribution < 1.29 is 0 Å². The molecule has 1 rings (SSSR count). The van der Waals surface area contributed by atoms with Gasteiger partial charge in [-0.3, -0.25) is 0 Å². The first-order valence-electron chi connectivity index (χ1n) is 5.64. The fourth-order valence-corrected chi connectivity index (χ4v) is 2.34. The van der Waals surface area contributed by atoms with Gasteiger partial charge in [0.1, 0.15) is 0 Å². The van der Waals surface area contributed by atoms with E-state index in [9.17, 15) is 0 Å². The van der Waals surface area contributed by atoms with Crippen LogP contribution in [0.4, 0.5) is 5.69 Å². The smallest absolute Gasteiger partial charge is 0.0642 e. The van der Waals surface area contributed by atoms with Gasteiger partial charge in [-0.15, -0.1) is 11.6 Å². The molecular weight excluding hydrogens is 241 g/mol. The molecule has 1 aromatic carbocycles. The van der Waals surface area contributed by atoms with Crippen LogP contribution in [0.3, 0.4) is 0 Å². The largest absolute Gasteiger partial charge is 0.373 e. The zero-order valence-corrected chi connectivity index (χ0v) is 11.6. The number of nitrogens with zero attached hydrogens (tertiary/aromatic N) is 1. The molecule has 0 saturated heterocycles. The maximum Gasteiger partial charge on any atom is 0.0642 e. The Balaban J connectivity index is 2.93. The van der Waals surface area contributed by atoms with E-state index >= 15 is 0 Å². The maximum atomic E-state index is 6.23. The summed E-state index contributed by atoms with van der Waals surface area (Å²) >= 11 is 12.2. The minimum Gasteiger partial charge on any atom is -0.373 e. The van der Waals surface area contributed by atoms with Crippen molar-refractivity contribution >= 4 is 28.9 Å². The average molecular weight is 260 g/mol. The Labute approximate surface area is 108 Å². The Morgan fingerprint density at radius 1 is 1.38 bits per heavy atom. The molecule has 1 nitrogen and oxygen atoms in total. The van der Waals surface area contributed by atoms with Gasteiger partial charge in [0.25, 0.3) is 0 Å². The summed E-state index contributed by atoms with van der Waals surface area (Å²) < 4.78 is 0. The molecule has 0 spiro atoms. The molecule has 16 heavy (non-hydrogen) atoms. The van der Waals surface area contributed by atoms with E-state index in [-0.39, 0.29) is 0 Å². The highest BCUT2D eigenvalue weighted by atomic mass is 35.5. The summed E-state index contributed by atoms with van der Waals surface area (Å²) in [5.74, 6) is 1.16. The van der Waals surface area contributed by atoms with Crippen LogP contribution >= 0.6 is 23.2 Å². The monoisotopic (exact) mass is 259 g/mol. The summed E-state index contributed by atoms with van der Waals surface area (Å²) in [5.41, 5.74) is 2.17. The molecule has 1 atom stereocenters. The third-order valence-corrected chi connectivity index (χ3v) is 3.47. The van der Waals surface area contributed by atoms with Crippen LogP contribution in [0.25, 0.3) is 0 Å². The molecule has 3 heteroatoms. The summed E-state index contributed by atoms with van der Waals surface area (Å²) in [7, 11) is 2.07. The van der Waals surface area contributed by atoms with E-state index in [0.717, 1.165) is 22.8 Å². The number of hydrogen-bond acceptors (Lipinski definition) is 1. The minimum atomic E-state index is 0.501. The number of halogens is 2. The highest BCUT2D eigenvalue weighted by Gasteiger charge is 2.12. The molecule has 0 aliphatic rings. The Kier molecular flexibility index (Phi) is 5.43. The van der Waals surface area contributed by atoms with E-state index < -0.39 is 0 Å². The van der Waals surface area contributed by atoms with E-state index in [0.29, 0.717) is 11.8 Å². The molecule has 0 bridgehead atoms. The van der Waals surface area contributed by atoms with E-state index in [2.05, 4.69) is 25.8 Å². The van der Waals surface area contributed by atoms with Crippen LogP contribution < -0.4 is 4.90 Å². The normalized spacial score (nSPS) is 12.6. The van der Waals surface area contributed by atoms with E-state index in [1.54, 1.807) is 0 Å². The summed E-state index contributed by atoms with van der Waals surface area (Å²) in [6.45, 7) is 5.45. The van der Waals surface area contributed by atoms with E-state index in [4.69, 9.17) is 23.2 Å². The van der Waals surface area contributed by atoms with Gasteiger partial charge in [0.05, 0.1) is 10.7 Å². The SMILES string of the molecule is CCC(C)CN(C)c1c(Cl)cccc1CCl. The van der Waals surface area contributed by atoms with Gasteiger partial charge in [0, 0.05) is 19.5 Å². The van der Waals surface area contributed by atoms with Crippen LogP contribution in [0, 0.1) is 5.92 Å². The van der Waals surface area contributed by atoms with Crippen molar-refractivity contribution in [1.29, 1.82) is 0 Å². The maximum absolute atomic E-state index is 6.23. The Morgan fingerprint density at radius 2 is 2.06 bits per heavy atom.